The second kappa shape index (κ2) is 12.6. The number of hydrogen-bond donors (Lipinski definition) is 3. The SMILES string of the molecule is CC(C)C[C@H](NC(=O)COc1ccc(Cl)cc1)C(=O)N/N=C\c1ccc(-c2ccc(C(=O)O)cc2)o1. The number of amides is 2. The summed E-state index contributed by atoms with van der Waals surface area (Å²) >= 11 is 5.84. The Kier molecular flexibility index (Phi) is 9.24. The fourth-order valence-electron chi connectivity index (χ4n) is 3.21. The van der Waals surface area contributed by atoms with E-state index in [9.17, 15) is 14.4 Å². The number of ether oxygens (including phenoxy) is 1. The van der Waals surface area contributed by atoms with Crippen molar-refractivity contribution in [1.82, 2.24) is 10.7 Å². The van der Waals surface area contributed by atoms with E-state index in [1.54, 1.807) is 48.5 Å². The predicted octanol–water partition coefficient (Wildman–Crippen LogP) is 4.36. The smallest absolute Gasteiger partial charge is 0.335 e. The molecular formula is C26H26ClN3O6. The maximum Gasteiger partial charge on any atom is 0.335 e. The second-order valence-electron chi connectivity index (χ2n) is 8.31. The number of carbonyl (C=O) groups is 3. The van der Waals surface area contributed by atoms with Crippen molar-refractivity contribution in [2.45, 2.75) is 26.3 Å². The number of carboxylic acids is 1. The van der Waals surface area contributed by atoms with Gasteiger partial charge in [0.05, 0.1) is 11.8 Å². The van der Waals surface area contributed by atoms with E-state index >= 15 is 0 Å². The Hall–Kier alpha value is -4.11. The second-order valence-corrected chi connectivity index (χ2v) is 8.75. The van der Waals surface area contributed by atoms with Crippen LogP contribution >= 0.6 is 11.6 Å². The molecule has 0 saturated heterocycles. The highest BCUT2D eigenvalue weighted by Gasteiger charge is 2.22. The van der Waals surface area contributed by atoms with Gasteiger partial charge in [-0.1, -0.05) is 37.6 Å². The van der Waals surface area contributed by atoms with Gasteiger partial charge in [-0.3, -0.25) is 9.59 Å². The number of nitrogens with one attached hydrogen (secondary N) is 2. The largest absolute Gasteiger partial charge is 0.484 e. The van der Waals surface area contributed by atoms with E-state index in [0.29, 0.717) is 34.3 Å². The minimum atomic E-state index is -1.01. The molecule has 36 heavy (non-hydrogen) atoms. The number of carboxylic acid groups (broad SMARTS) is 1. The van der Waals surface area contributed by atoms with E-state index in [4.69, 9.17) is 25.9 Å². The van der Waals surface area contributed by atoms with Gasteiger partial charge >= 0.3 is 5.97 Å². The standard InChI is InChI=1S/C26H26ClN3O6/c1-16(2)13-22(29-24(31)15-35-20-9-7-19(27)8-10-20)25(32)30-28-14-21-11-12-23(36-21)17-3-5-18(6-4-17)26(33)34/h3-12,14,16,22H,13,15H2,1-2H3,(H,29,31)(H,30,32)(H,33,34)/b28-14-/t22-/m0/s1. The fourth-order valence-corrected chi connectivity index (χ4v) is 3.34. The van der Waals surface area contributed by atoms with Crippen LogP contribution in [0, 0.1) is 5.92 Å². The quantitative estimate of drug-likeness (QED) is 0.259. The first-order valence-corrected chi connectivity index (χ1v) is 11.5. The molecule has 1 heterocycles. The fraction of sp³-hybridized carbons (Fsp3) is 0.231. The molecule has 0 radical (unpaired) electrons. The average Bonchev–Trinajstić information content (AvgIpc) is 3.32. The molecule has 0 unspecified atom stereocenters. The molecule has 3 N–H and O–H groups in total. The number of aromatic carboxylic acids is 1. The normalized spacial score (nSPS) is 11.9. The minimum Gasteiger partial charge on any atom is -0.484 e. The number of rotatable bonds is 11. The Balaban J connectivity index is 1.55. The first kappa shape index (κ1) is 26.5. The number of carbonyl (C=O) groups excluding carboxylic acids is 2. The van der Waals surface area contributed by atoms with E-state index < -0.39 is 23.8 Å². The summed E-state index contributed by atoms with van der Waals surface area (Å²) < 4.78 is 11.1. The Bertz CT molecular complexity index is 1220. The van der Waals surface area contributed by atoms with Gasteiger partial charge in [0.15, 0.2) is 6.61 Å². The van der Waals surface area contributed by atoms with Gasteiger partial charge in [0.25, 0.3) is 11.8 Å². The monoisotopic (exact) mass is 511 g/mol. The van der Waals surface area contributed by atoms with Crippen molar-refractivity contribution in [3.05, 3.63) is 77.0 Å². The molecule has 0 aliphatic heterocycles. The summed E-state index contributed by atoms with van der Waals surface area (Å²) in [6, 6.07) is 15.4. The van der Waals surface area contributed by atoms with Crippen LogP contribution in [0.4, 0.5) is 0 Å². The minimum absolute atomic E-state index is 0.141. The summed E-state index contributed by atoms with van der Waals surface area (Å²) in [5.41, 5.74) is 3.30. The molecule has 2 aromatic carbocycles. The highest BCUT2D eigenvalue weighted by molar-refractivity contribution is 6.30. The van der Waals surface area contributed by atoms with Gasteiger partial charge in [-0.2, -0.15) is 5.10 Å². The van der Waals surface area contributed by atoms with Crippen molar-refractivity contribution < 1.29 is 28.6 Å². The Labute approximate surface area is 213 Å². The third kappa shape index (κ3) is 7.99. The third-order valence-corrected chi connectivity index (χ3v) is 5.20. The summed E-state index contributed by atoms with van der Waals surface area (Å²) in [5.74, 6) is -0.401. The molecule has 9 nitrogen and oxygen atoms in total. The summed E-state index contributed by atoms with van der Waals surface area (Å²) in [6.45, 7) is 3.62. The molecular weight excluding hydrogens is 486 g/mol. The van der Waals surface area contributed by atoms with Crippen LogP contribution in [-0.2, 0) is 9.59 Å². The molecule has 0 bridgehead atoms. The molecule has 0 saturated carbocycles. The van der Waals surface area contributed by atoms with Crippen molar-refractivity contribution in [1.29, 1.82) is 0 Å². The molecule has 0 aliphatic carbocycles. The lowest BCUT2D eigenvalue weighted by molar-refractivity contribution is -0.130. The summed E-state index contributed by atoms with van der Waals surface area (Å²) in [5, 5.41) is 16.2. The number of benzene rings is 2. The van der Waals surface area contributed by atoms with E-state index in [2.05, 4.69) is 15.8 Å². The van der Waals surface area contributed by atoms with Gasteiger partial charge in [-0.15, -0.1) is 0 Å². The number of furan rings is 1. The van der Waals surface area contributed by atoms with Crippen molar-refractivity contribution in [3.8, 4) is 17.1 Å². The molecule has 10 heteroatoms. The summed E-state index contributed by atoms with van der Waals surface area (Å²) in [7, 11) is 0. The van der Waals surface area contributed by atoms with E-state index in [1.165, 1.54) is 18.3 Å². The zero-order valence-electron chi connectivity index (χ0n) is 19.7. The molecule has 3 rings (SSSR count). The van der Waals surface area contributed by atoms with Gasteiger partial charge in [-0.25, -0.2) is 10.2 Å². The van der Waals surface area contributed by atoms with Crippen LogP contribution in [0.25, 0.3) is 11.3 Å². The van der Waals surface area contributed by atoms with E-state index in [-0.39, 0.29) is 18.1 Å². The van der Waals surface area contributed by atoms with Crippen LogP contribution in [0.2, 0.25) is 5.02 Å². The van der Waals surface area contributed by atoms with Crippen molar-refractivity contribution >= 4 is 35.6 Å². The number of hydrogen-bond acceptors (Lipinski definition) is 6. The molecule has 2 amide bonds. The van der Waals surface area contributed by atoms with Gasteiger partial charge in [0.2, 0.25) is 0 Å². The van der Waals surface area contributed by atoms with E-state index in [0.717, 1.165) is 0 Å². The molecule has 1 aromatic heterocycles. The third-order valence-electron chi connectivity index (χ3n) is 4.95. The molecule has 1 atom stereocenters. The predicted molar refractivity (Wildman–Crippen MR) is 135 cm³/mol. The molecule has 3 aromatic rings. The van der Waals surface area contributed by atoms with Gasteiger partial charge in [0.1, 0.15) is 23.3 Å². The number of hydrazone groups is 1. The molecule has 0 aliphatic rings. The maximum absolute atomic E-state index is 12.7. The molecule has 0 fully saturated rings. The first-order valence-electron chi connectivity index (χ1n) is 11.2. The zero-order valence-corrected chi connectivity index (χ0v) is 20.5. The van der Waals surface area contributed by atoms with Crippen LogP contribution in [0.5, 0.6) is 5.75 Å². The van der Waals surface area contributed by atoms with Crippen LogP contribution in [0.15, 0.2) is 70.2 Å². The van der Waals surface area contributed by atoms with Crippen LogP contribution in [-0.4, -0.2) is 41.8 Å². The van der Waals surface area contributed by atoms with Gasteiger partial charge in [-0.05, 0) is 60.9 Å². The molecule has 188 valence electrons. The van der Waals surface area contributed by atoms with E-state index in [1.807, 2.05) is 13.8 Å². The highest BCUT2D eigenvalue weighted by Crippen LogP contribution is 2.22. The van der Waals surface area contributed by atoms with Gasteiger partial charge in [0, 0.05) is 10.6 Å². The molecule has 0 spiro atoms. The van der Waals surface area contributed by atoms with Crippen LogP contribution in [0.1, 0.15) is 36.4 Å². The Morgan fingerprint density at radius 3 is 2.39 bits per heavy atom. The van der Waals surface area contributed by atoms with Gasteiger partial charge < -0.3 is 19.6 Å². The Morgan fingerprint density at radius 1 is 1.06 bits per heavy atom. The summed E-state index contributed by atoms with van der Waals surface area (Å²) in [4.78, 5) is 36.0. The van der Waals surface area contributed by atoms with Crippen LogP contribution in [0.3, 0.4) is 0 Å². The lowest BCUT2D eigenvalue weighted by Crippen LogP contribution is -2.47. The summed E-state index contributed by atoms with van der Waals surface area (Å²) in [6.07, 6.45) is 1.75. The number of halogens is 1. The maximum atomic E-state index is 12.7. The van der Waals surface area contributed by atoms with Crippen LogP contribution < -0.4 is 15.5 Å². The first-order chi connectivity index (χ1) is 17.2. The van der Waals surface area contributed by atoms with Crippen molar-refractivity contribution in [2.24, 2.45) is 11.0 Å². The lowest BCUT2D eigenvalue weighted by Gasteiger charge is -2.19. The topological polar surface area (TPSA) is 130 Å². The van der Waals surface area contributed by atoms with Crippen molar-refractivity contribution in [2.75, 3.05) is 6.61 Å². The number of nitrogens with zero attached hydrogens (tertiary/aromatic N) is 1. The highest BCUT2D eigenvalue weighted by atomic mass is 35.5. The lowest BCUT2D eigenvalue weighted by atomic mass is 10.0. The Morgan fingerprint density at radius 2 is 1.75 bits per heavy atom. The van der Waals surface area contributed by atoms with Crippen molar-refractivity contribution in [3.63, 3.8) is 0 Å². The zero-order chi connectivity index (χ0) is 26.1. The average molecular weight is 512 g/mol.